The van der Waals surface area contributed by atoms with E-state index in [0.717, 1.165) is 5.56 Å². The Hall–Kier alpha value is -1.22. The molecule has 0 aliphatic heterocycles. The maximum Gasteiger partial charge on any atom is 0.315 e. The van der Waals surface area contributed by atoms with Gasteiger partial charge in [-0.1, -0.05) is 23.7 Å². The molecule has 0 aromatic heterocycles. The van der Waals surface area contributed by atoms with E-state index in [1.807, 2.05) is 45.0 Å². The molecule has 1 aromatic rings. The molecule has 0 saturated heterocycles. The van der Waals surface area contributed by atoms with E-state index in [0.29, 0.717) is 11.6 Å². The number of carbonyl (C=O) groups is 1. The highest BCUT2D eigenvalue weighted by Gasteiger charge is 2.22. The van der Waals surface area contributed by atoms with Crippen LogP contribution in [-0.4, -0.2) is 12.6 Å². The van der Waals surface area contributed by atoms with Crippen LogP contribution in [-0.2, 0) is 5.54 Å². The van der Waals surface area contributed by atoms with Gasteiger partial charge in [-0.05, 0) is 38.5 Å². The van der Waals surface area contributed by atoms with E-state index in [4.69, 9.17) is 11.6 Å². The van der Waals surface area contributed by atoms with Gasteiger partial charge in [-0.25, -0.2) is 4.79 Å². The second kappa shape index (κ2) is 5.21. The van der Waals surface area contributed by atoms with E-state index < -0.39 is 5.54 Å². The summed E-state index contributed by atoms with van der Waals surface area (Å²) in [6, 6.07) is 7.31. The molecule has 1 aromatic carbocycles. The standard InChI is InChI=1S/C12H17ClN2O/c1-4-14-11(16)15-12(2,3)9-6-5-7-10(13)8-9/h5-8H,4H2,1-3H3,(H2,14,15,16). The second-order valence-corrected chi connectivity index (χ2v) is 4.56. The summed E-state index contributed by atoms with van der Waals surface area (Å²) in [5, 5.41) is 6.26. The third-order valence-electron chi connectivity index (χ3n) is 2.31. The number of hydrogen-bond donors (Lipinski definition) is 2. The molecule has 2 amide bonds. The highest BCUT2D eigenvalue weighted by Crippen LogP contribution is 2.22. The summed E-state index contributed by atoms with van der Waals surface area (Å²) in [6.45, 7) is 6.37. The summed E-state index contributed by atoms with van der Waals surface area (Å²) in [4.78, 5) is 11.5. The van der Waals surface area contributed by atoms with Crippen LogP contribution in [0.5, 0.6) is 0 Å². The van der Waals surface area contributed by atoms with Crippen LogP contribution in [0.1, 0.15) is 26.3 Å². The average Bonchev–Trinajstić information content (AvgIpc) is 2.17. The van der Waals surface area contributed by atoms with Crippen molar-refractivity contribution in [1.82, 2.24) is 10.6 Å². The summed E-state index contributed by atoms with van der Waals surface area (Å²) < 4.78 is 0. The maximum atomic E-state index is 11.5. The smallest absolute Gasteiger partial charge is 0.315 e. The van der Waals surface area contributed by atoms with Crippen LogP contribution in [0.25, 0.3) is 0 Å². The highest BCUT2D eigenvalue weighted by atomic mass is 35.5. The van der Waals surface area contributed by atoms with Gasteiger partial charge < -0.3 is 10.6 Å². The molecular formula is C12H17ClN2O. The van der Waals surface area contributed by atoms with Gasteiger partial charge in [-0.15, -0.1) is 0 Å². The van der Waals surface area contributed by atoms with Crippen LogP contribution < -0.4 is 10.6 Å². The Balaban J connectivity index is 2.81. The van der Waals surface area contributed by atoms with Gasteiger partial charge in [0, 0.05) is 11.6 Å². The molecule has 88 valence electrons. The third kappa shape index (κ3) is 3.42. The minimum absolute atomic E-state index is 0.174. The van der Waals surface area contributed by atoms with Crippen molar-refractivity contribution in [2.75, 3.05) is 6.54 Å². The molecule has 0 atom stereocenters. The average molecular weight is 241 g/mol. The van der Waals surface area contributed by atoms with Crippen LogP contribution in [0.3, 0.4) is 0 Å². The first-order chi connectivity index (χ1) is 7.45. The summed E-state index contributed by atoms with van der Waals surface area (Å²) in [6.07, 6.45) is 0. The molecule has 2 N–H and O–H groups in total. The lowest BCUT2D eigenvalue weighted by molar-refractivity contribution is 0.230. The highest BCUT2D eigenvalue weighted by molar-refractivity contribution is 6.30. The SMILES string of the molecule is CCNC(=O)NC(C)(C)c1cccc(Cl)c1. The van der Waals surface area contributed by atoms with E-state index in [9.17, 15) is 4.79 Å². The second-order valence-electron chi connectivity index (χ2n) is 4.12. The Kier molecular flexibility index (Phi) is 4.19. The van der Waals surface area contributed by atoms with Gasteiger partial charge in [0.15, 0.2) is 0 Å². The molecular weight excluding hydrogens is 224 g/mol. The van der Waals surface area contributed by atoms with E-state index in [2.05, 4.69) is 10.6 Å². The van der Waals surface area contributed by atoms with E-state index in [1.165, 1.54) is 0 Å². The predicted octanol–water partition coefficient (Wildman–Crippen LogP) is 2.89. The van der Waals surface area contributed by atoms with Gasteiger partial charge in [0.2, 0.25) is 0 Å². The van der Waals surface area contributed by atoms with Gasteiger partial charge in [-0.3, -0.25) is 0 Å². The lowest BCUT2D eigenvalue weighted by Crippen LogP contribution is -2.46. The Morgan fingerprint density at radius 3 is 2.69 bits per heavy atom. The molecule has 0 unspecified atom stereocenters. The van der Waals surface area contributed by atoms with Crippen molar-refractivity contribution in [3.8, 4) is 0 Å². The zero-order valence-corrected chi connectivity index (χ0v) is 10.6. The molecule has 0 saturated carbocycles. The number of nitrogens with one attached hydrogen (secondary N) is 2. The molecule has 4 heteroatoms. The number of amides is 2. The maximum absolute atomic E-state index is 11.5. The van der Waals surface area contributed by atoms with Crippen LogP contribution in [0, 0.1) is 0 Å². The van der Waals surface area contributed by atoms with E-state index in [1.54, 1.807) is 0 Å². The Bertz CT molecular complexity index is 377. The van der Waals surface area contributed by atoms with Crippen LogP contribution in [0.2, 0.25) is 5.02 Å². The molecule has 0 bridgehead atoms. The van der Waals surface area contributed by atoms with Gasteiger partial charge in [0.1, 0.15) is 0 Å². The minimum Gasteiger partial charge on any atom is -0.338 e. The lowest BCUT2D eigenvalue weighted by Gasteiger charge is -2.27. The number of carbonyl (C=O) groups excluding carboxylic acids is 1. The fraction of sp³-hybridized carbons (Fsp3) is 0.417. The molecule has 0 spiro atoms. The van der Waals surface area contributed by atoms with Gasteiger partial charge >= 0.3 is 6.03 Å². The first-order valence-corrected chi connectivity index (χ1v) is 5.65. The van der Waals surface area contributed by atoms with Crippen molar-refractivity contribution in [2.45, 2.75) is 26.3 Å². The lowest BCUT2D eigenvalue weighted by atomic mass is 9.94. The van der Waals surface area contributed by atoms with E-state index in [-0.39, 0.29) is 6.03 Å². The minimum atomic E-state index is -0.440. The van der Waals surface area contributed by atoms with Gasteiger partial charge in [0.25, 0.3) is 0 Å². The molecule has 3 nitrogen and oxygen atoms in total. The quantitative estimate of drug-likeness (QED) is 0.838. The van der Waals surface area contributed by atoms with Crippen LogP contribution in [0.15, 0.2) is 24.3 Å². The van der Waals surface area contributed by atoms with Crippen molar-refractivity contribution in [1.29, 1.82) is 0 Å². The number of hydrogen-bond acceptors (Lipinski definition) is 1. The monoisotopic (exact) mass is 240 g/mol. The Morgan fingerprint density at radius 2 is 2.12 bits per heavy atom. The first kappa shape index (κ1) is 12.8. The van der Waals surface area contributed by atoms with Crippen LogP contribution in [0.4, 0.5) is 4.79 Å². The van der Waals surface area contributed by atoms with Crippen molar-refractivity contribution >= 4 is 17.6 Å². The Labute approximate surface area is 101 Å². The fourth-order valence-electron chi connectivity index (χ4n) is 1.44. The zero-order chi connectivity index (χ0) is 12.2. The molecule has 0 heterocycles. The summed E-state index contributed by atoms with van der Waals surface area (Å²) in [5.41, 5.74) is 0.538. The third-order valence-corrected chi connectivity index (χ3v) is 2.54. The number of benzene rings is 1. The zero-order valence-electron chi connectivity index (χ0n) is 9.80. The first-order valence-electron chi connectivity index (χ1n) is 5.28. The van der Waals surface area contributed by atoms with Crippen molar-refractivity contribution in [3.05, 3.63) is 34.9 Å². The summed E-state index contributed by atoms with van der Waals surface area (Å²) in [5.74, 6) is 0. The topological polar surface area (TPSA) is 41.1 Å². The van der Waals surface area contributed by atoms with Gasteiger partial charge in [0.05, 0.1) is 5.54 Å². The molecule has 1 rings (SSSR count). The predicted molar refractivity (Wildman–Crippen MR) is 66.7 cm³/mol. The largest absolute Gasteiger partial charge is 0.338 e. The molecule has 0 aliphatic rings. The van der Waals surface area contributed by atoms with Crippen molar-refractivity contribution < 1.29 is 4.79 Å². The summed E-state index contributed by atoms with van der Waals surface area (Å²) >= 11 is 5.92. The Morgan fingerprint density at radius 1 is 1.44 bits per heavy atom. The molecule has 0 fully saturated rings. The fourth-order valence-corrected chi connectivity index (χ4v) is 1.63. The van der Waals surface area contributed by atoms with Crippen LogP contribution >= 0.6 is 11.6 Å². The molecule has 0 radical (unpaired) electrons. The van der Waals surface area contributed by atoms with E-state index >= 15 is 0 Å². The van der Waals surface area contributed by atoms with Crippen molar-refractivity contribution in [3.63, 3.8) is 0 Å². The summed E-state index contributed by atoms with van der Waals surface area (Å²) in [7, 11) is 0. The molecule has 0 aliphatic carbocycles. The van der Waals surface area contributed by atoms with Gasteiger partial charge in [-0.2, -0.15) is 0 Å². The number of urea groups is 1. The number of halogens is 1. The molecule has 16 heavy (non-hydrogen) atoms. The van der Waals surface area contributed by atoms with Crippen molar-refractivity contribution in [2.24, 2.45) is 0 Å². The normalized spacial score (nSPS) is 11.0. The number of rotatable bonds is 3.